The number of carbonyl (C=O) groups excluding carboxylic acids is 1. The van der Waals surface area contributed by atoms with Gasteiger partial charge >= 0.3 is 0 Å². The number of anilines is 3. The minimum absolute atomic E-state index is 0.0131. The number of aromatic nitrogens is 1. The predicted octanol–water partition coefficient (Wildman–Crippen LogP) is 3.94. The van der Waals surface area contributed by atoms with E-state index in [1.807, 2.05) is 17.0 Å². The van der Waals surface area contributed by atoms with Gasteiger partial charge in [0.1, 0.15) is 17.5 Å². The Bertz CT molecular complexity index is 1000. The van der Waals surface area contributed by atoms with Crippen molar-refractivity contribution in [2.45, 2.75) is 0 Å². The Labute approximate surface area is 167 Å². The van der Waals surface area contributed by atoms with Crippen molar-refractivity contribution in [1.29, 1.82) is 0 Å². The van der Waals surface area contributed by atoms with Crippen LogP contribution in [0, 0.1) is 11.6 Å². The van der Waals surface area contributed by atoms with Crippen LogP contribution in [0.5, 0.6) is 0 Å². The molecule has 1 fully saturated rings. The maximum atomic E-state index is 14.0. The summed E-state index contributed by atoms with van der Waals surface area (Å²) in [4.78, 5) is 20.7. The number of para-hydroxylation sites is 1. The Morgan fingerprint density at radius 2 is 1.48 bits per heavy atom. The van der Waals surface area contributed by atoms with Gasteiger partial charge in [-0.1, -0.05) is 24.3 Å². The van der Waals surface area contributed by atoms with E-state index in [1.165, 1.54) is 24.3 Å². The van der Waals surface area contributed by atoms with Crippen LogP contribution >= 0.6 is 0 Å². The minimum Gasteiger partial charge on any atom is -0.366 e. The third-order valence-corrected chi connectivity index (χ3v) is 4.92. The van der Waals surface area contributed by atoms with Crippen molar-refractivity contribution < 1.29 is 13.6 Å². The van der Waals surface area contributed by atoms with E-state index < -0.39 is 11.7 Å². The number of benzene rings is 2. The summed E-state index contributed by atoms with van der Waals surface area (Å²) in [5.41, 5.74) is 1.10. The molecule has 0 aliphatic carbocycles. The van der Waals surface area contributed by atoms with Crippen LogP contribution in [0.25, 0.3) is 0 Å². The van der Waals surface area contributed by atoms with E-state index in [0.29, 0.717) is 37.6 Å². The molecule has 0 unspecified atom stereocenters. The Morgan fingerprint density at radius 3 is 2.14 bits per heavy atom. The Morgan fingerprint density at radius 1 is 0.828 bits per heavy atom. The van der Waals surface area contributed by atoms with Gasteiger partial charge in [0.05, 0.1) is 23.1 Å². The fourth-order valence-electron chi connectivity index (χ4n) is 3.38. The number of pyridine rings is 1. The lowest BCUT2D eigenvalue weighted by Crippen LogP contribution is -2.47. The van der Waals surface area contributed by atoms with Gasteiger partial charge in [-0.15, -0.1) is 0 Å². The molecule has 2 heterocycles. The number of amides is 1. The summed E-state index contributed by atoms with van der Waals surface area (Å²) in [6, 6.07) is 16.2. The molecule has 7 heteroatoms. The first-order chi connectivity index (χ1) is 14.1. The van der Waals surface area contributed by atoms with E-state index in [4.69, 9.17) is 0 Å². The number of carbonyl (C=O) groups is 1. The summed E-state index contributed by atoms with van der Waals surface area (Å²) in [7, 11) is 0. The van der Waals surface area contributed by atoms with Crippen molar-refractivity contribution in [1.82, 2.24) is 4.98 Å². The average molecular weight is 394 g/mol. The molecule has 0 bridgehead atoms. The summed E-state index contributed by atoms with van der Waals surface area (Å²) in [5.74, 6) is -0.519. The highest BCUT2D eigenvalue weighted by molar-refractivity contribution is 6.04. The first-order valence-electron chi connectivity index (χ1n) is 9.38. The van der Waals surface area contributed by atoms with Crippen molar-refractivity contribution >= 4 is 23.1 Å². The predicted molar refractivity (Wildman–Crippen MR) is 109 cm³/mol. The number of rotatable bonds is 4. The topological polar surface area (TPSA) is 48.5 Å². The van der Waals surface area contributed by atoms with Gasteiger partial charge in [-0.25, -0.2) is 13.8 Å². The van der Waals surface area contributed by atoms with Crippen molar-refractivity contribution in [3.63, 3.8) is 0 Å². The molecular formula is C22H20F2N4O. The molecule has 1 aromatic heterocycles. The molecule has 29 heavy (non-hydrogen) atoms. The van der Waals surface area contributed by atoms with Crippen molar-refractivity contribution in [3.8, 4) is 0 Å². The van der Waals surface area contributed by atoms with E-state index in [2.05, 4.69) is 15.2 Å². The quantitative estimate of drug-likeness (QED) is 0.728. The van der Waals surface area contributed by atoms with Crippen LogP contribution in [0.15, 0.2) is 66.9 Å². The number of nitrogens with one attached hydrogen (secondary N) is 1. The summed E-state index contributed by atoms with van der Waals surface area (Å²) >= 11 is 0. The molecule has 4 rings (SSSR count). The van der Waals surface area contributed by atoms with E-state index >= 15 is 0 Å². The second-order valence-electron chi connectivity index (χ2n) is 6.76. The lowest BCUT2D eigenvalue weighted by atomic mass is 10.2. The first kappa shape index (κ1) is 18.9. The van der Waals surface area contributed by atoms with Gasteiger partial charge in [0.15, 0.2) is 0 Å². The molecule has 0 radical (unpaired) electrons. The van der Waals surface area contributed by atoms with Gasteiger partial charge in [0.25, 0.3) is 5.91 Å². The Balaban J connectivity index is 1.37. The fourth-order valence-corrected chi connectivity index (χ4v) is 3.38. The smallest absolute Gasteiger partial charge is 0.258 e. The molecule has 1 aliphatic heterocycles. The van der Waals surface area contributed by atoms with Crippen molar-refractivity contribution in [3.05, 3.63) is 84.1 Å². The van der Waals surface area contributed by atoms with Gasteiger partial charge in [0, 0.05) is 26.2 Å². The monoisotopic (exact) mass is 394 g/mol. The highest BCUT2D eigenvalue weighted by atomic mass is 19.1. The summed E-state index contributed by atoms with van der Waals surface area (Å²) < 4.78 is 27.7. The fraction of sp³-hybridized carbons (Fsp3) is 0.182. The standard InChI is InChI=1S/C22H20F2N4O/c23-18-6-2-1-5-17(18)22(29)26-16-9-10-21(25-15-16)28-13-11-27(12-14-28)20-8-4-3-7-19(20)24/h1-10,15H,11-14H2,(H,26,29). The lowest BCUT2D eigenvalue weighted by Gasteiger charge is -2.36. The number of piperazine rings is 1. The zero-order valence-electron chi connectivity index (χ0n) is 15.7. The van der Waals surface area contributed by atoms with Crippen molar-refractivity contribution in [2.75, 3.05) is 41.3 Å². The van der Waals surface area contributed by atoms with Crippen LogP contribution in [0.4, 0.5) is 26.0 Å². The van der Waals surface area contributed by atoms with Crippen LogP contribution in [0.3, 0.4) is 0 Å². The van der Waals surface area contributed by atoms with Gasteiger partial charge in [0.2, 0.25) is 0 Å². The van der Waals surface area contributed by atoms with Crippen LogP contribution < -0.4 is 15.1 Å². The molecule has 0 saturated carbocycles. The van der Waals surface area contributed by atoms with Gasteiger partial charge < -0.3 is 15.1 Å². The van der Waals surface area contributed by atoms with E-state index in [1.54, 1.807) is 30.5 Å². The van der Waals surface area contributed by atoms with Crippen LogP contribution in [0.2, 0.25) is 0 Å². The van der Waals surface area contributed by atoms with Crippen molar-refractivity contribution in [2.24, 2.45) is 0 Å². The third kappa shape index (κ3) is 4.18. The Kier molecular flexibility index (Phi) is 5.37. The zero-order chi connectivity index (χ0) is 20.2. The molecule has 0 atom stereocenters. The maximum absolute atomic E-state index is 14.0. The second kappa shape index (κ2) is 8.26. The van der Waals surface area contributed by atoms with Crippen LogP contribution in [-0.4, -0.2) is 37.1 Å². The highest BCUT2D eigenvalue weighted by Crippen LogP contribution is 2.22. The number of halogens is 2. The van der Waals surface area contributed by atoms with E-state index in [0.717, 1.165) is 5.82 Å². The van der Waals surface area contributed by atoms with Gasteiger partial charge in [-0.3, -0.25) is 4.79 Å². The molecule has 1 saturated heterocycles. The summed E-state index contributed by atoms with van der Waals surface area (Å²) in [6.45, 7) is 2.80. The minimum atomic E-state index is -0.567. The second-order valence-corrected chi connectivity index (χ2v) is 6.76. The summed E-state index contributed by atoms with van der Waals surface area (Å²) in [6.07, 6.45) is 1.55. The normalized spacial score (nSPS) is 14.0. The molecule has 5 nitrogen and oxygen atoms in total. The summed E-state index contributed by atoms with van der Waals surface area (Å²) in [5, 5.41) is 2.65. The molecule has 1 aliphatic rings. The number of hydrogen-bond acceptors (Lipinski definition) is 4. The Hall–Kier alpha value is -3.48. The lowest BCUT2D eigenvalue weighted by molar-refractivity contribution is 0.102. The molecular weight excluding hydrogens is 374 g/mol. The third-order valence-electron chi connectivity index (χ3n) is 4.92. The molecule has 148 valence electrons. The number of nitrogens with zero attached hydrogens (tertiary/aromatic N) is 3. The first-order valence-corrected chi connectivity index (χ1v) is 9.38. The molecule has 0 spiro atoms. The SMILES string of the molecule is O=C(Nc1ccc(N2CCN(c3ccccc3F)CC2)nc1)c1ccccc1F. The van der Waals surface area contributed by atoms with Crippen LogP contribution in [0.1, 0.15) is 10.4 Å². The molecule has 1 amide bonds. The van der Waals surface area contributed by atoms with E-state index in [9.17, 15) is 13.6 Å². The van der Waals surface area contributed by atoms with E-state index in [-0.39, 0.29) is 11.4 Å². The van der Waals surface area contributed by atoms with Gasteiger partial charge in [-0.2, -0.15) is 0 Å². The average Bonchev–Trinajstić information content (AvgIpc) is 2.75. The van der Waals surface area contributed by atoms with Crippen LogP contribution in [-0.2, 0) is 0 Å². The van der Waals surface area contributed by atoms with Gasteiger partial charge in [-0.05, 0) is 36.4 Å². The maximum Gasteiger partial charge on any atom is 0.258 e. The largest absolute Gasteiger partial charge is 0.366 e. The molecule has 1 N–H and O–H groups in total. The number of hydrogen-bond donors (Lipinski definition) is 1. The zero-order valence-corrected chi connectivity index (χ0v) is 15.7. The molecule has 2 aromatic carbocycles. The highest BCUT2D eigenvalue weighted by Gasteiger charge is 2.20. The molecule has 3 aromatic rings.